The van der Waals surface area contributed by atoms with Crippen LogP contribution in [0, 0.1) is 13.8 Å². The van der Waals surface area contributed by atoms with Gasteiger partial charge in [0.25, 0.3) is 0 Å². The highest BCUT2D eigenvalue weighted by Gasteiger charge is 2.01. The largest absolute Gasteiger partial charge is 0.348 e. The van der Waals surface area contributed by atoms with Crippen LogP contribution in [0.4, 0.5) is 0 Å². The first kappa shape index (κ1) is 22.8. The van der Waals surface area contributed by atoms with Crippen LogP contribution < -0.4 is 10.6 Å². The quantitative estimate of drug-likeness (QED) is 0.502. The van der Waals surface area contributed by atoms with Crippen LogP contribution in [0.5, 0.6) is 0 Å². The molecule has 32 heavy (non-hydrogen) atoms. The van der Waals surface area contributed by atoms with Gasteiger partial charge in [0.1, 0.15) is 0 Å². The first-order valence-electron chi connectivity index (χ1n) is 10.6. The van der Waals surface area contributed by atoms with Gasteiger partial charge in [-0.1, -0.05) is 83.9 Å². The maximum Gasteiger partial charge on any atom is 0.244 e. The topological polar surface area (TPSA) is 58.2 Å². The van der Waals surface area contributed by atoms with Crippen molar-refractivity contribution in [1.29, 1.82) is 0 Å². The smallest absolute Gasteiger partial charge is 0.244 e. The van der Waals surface area contributed by atoms with E-state index in [2.05, 4.69) is 10.6 Å². The van der Waals surface area contributed by atoms with E-state index in [1.807, 2.05) is 86.6 Å². The van der Waals surface area contributed by atoms with E-state index in [0.29, 0.717) is 13.1 Å². The van der Waals surface area contributed by atoms with Crippen LogP contribution in [0.25, 0.3) is 12.2 Å². The van der Waals surface area contributed by atoms with Crippen LogP contribution in [0.15, 0.2) is 84.9 Å². The van der Waals surface area contributed by atoms with Gasteiger partial charge in [-0.25, -0.2) is 0 Å². The summed E-state index contributed by atoms with van der Waals surface area (Å²) in [5.74, 6) is -0.295. The molecule has 3 aromatic rings. The van der Waals surface area contributed by atoms with Crippen LogP contribution in [0.2, 0.25) is 0 Å². The molecule has 4 heteroatoms. The van der Waals surface area contributed by atoms with E-state index in [-0.39, 0.29) is 11.8 Å². The Balaban J connectivity index is 1.46. The van der Waals surface area contributed by atoms with Gasteiger partial charge in [0.15, 0.2) is 0 Å². The molecule has 0 aliphatic heterocycles. The molecule has 3 rings (SSSR count). The Morgan fingerprint density at radius 3 is 1.47 bits per heavy atom. The minimum Gasteiger partial charge on any atom is -0.348 e. The highest BCUT2D eigenvalue weighted by molar-refractivity contribution is 5.92. The summed E-state index contributed by atoms with van der Waals surface area (Å²) in [6.07, 6.45) is 6.67. The second-order valence-corrected chi connectivity index (χ2v) is 7.74. The predicted octanol–water partition coefficient (Wildman–Crippen LogP) is 4.96. The van der Waals surface area contributed by atoms with Crippen LogP contribution in [0.3, 0.4) is 0 Å². The lowest BCUT2D eigenvalue weighted by Gasteiger charge is -2.07. The van der Waals surface area contributed by atoms with Crippen molar-refractivity contribution in [2.75, 3.05) is 0 Å². The number of hydrogen-bond donors (Lipinski definition) is 2. The lowest BCUT2D eigenvalue weighted by Crippen LogP contribution is -2.21. The Hall–Kier alpha value is -3.92. The standard InChI is InChI=1S/C28H28N2O2/c1-21-6-10-23(11-7-21)14-16-27(31)29-19-25-4-3-5-26(18-25)20-30-28(32)17-15-24-12-8-22(2)9-13-24/h3-18H,19-20H2,1-2H3,(H,29,31)(H,30,32)/b16-14+,17-15+. The summed E-state index contributed by atoms with van der Waals surface area (Å²) in [7, 11) is 0. The minimum atomic E-state index is -0.148. The average Bonchev–Trinajstić information content (AvgIpc) is 2.81. The van der Waals surface area contributed by atoms with Crippen LogP contribution in [0.1, 0.15) is 33.4 Å². The van der Waals surface area contributed by atoms with E-state index in [1.54, 1.807) is 12.2 Å². The molecular weight excluding hydrogens is 396 g/mol. The van der Waals surface area contributed by atoms with Crippen molar-refractivity contribution in [3.8, 4) is 0 Å². The molecule has 3 aromatic carbocycles. The summed E-state index contributed by atoms with van der Waals surface area (Å²) in [5, 5.41) is 5.78. The van der Waals surface area contributed by atoms with Crippen molar-refractivity contribution in [2.45, 2.75) is 26.9 Å². The normalized spacial score (nSPS) is 11.1. The Morgan fingerprint density at radius 2 is 1.06 bits per heavy atom. The van der Waals surface area contributed by atoms with E-state index in [0.717, 1.165) is 22.3 Å². The Morgan fingerprint density at radius 1 is 0.656 bits per heavy atom. The molecular formula is C28H28N2O2. The molecule has 0 radical (unpaired) electrons. The van der Waals surface area contributed by atoms with Crippen LogP contribution in [-0.4, -0.2) is 11.8 Å². The monoisotopic (exact) mass is 424 g/mol. The number of hydrogen-bond acceptors (Lipinski definition) is 2. The predicted molar refractivity (Wildman–Crippen MR) is 131 cm³/mol. The Bertz CT molecular complexity index is 1020. The fraction of sp³-hybridized carbons (Fsp3) is 0.143. The molecule has 0 fully saturated rings. The number of rotatable bonds is 8. The van der Waals surface area contributed by atoms with Gasteiger partial charge >= 0.3 is 0 Å². The molecule has 4 nitrogen and oxygen atoms in total. The summed E-state index contributed by atoms with van der Waals surface area (Å²) in [5.41, 5.74) is 6.29. The number of carbonyl (C=O) groups excluding carboxylic acids is 2. The molecule has 0 atom stereocenters. The molecule has 0 aliphatic rings. The molecule has 0 spiro atoms. The summed E-state index contributed by atoms with van der Waals surface area (Å²) in [6.45, 7) is 4.90. The van der Waals surface area contributed by atoms with Crippen molar-refractivity contribution in [3.63, 3.8) is 0 Å². The second kappa shape index (κ2) is 11.5. The zero-order valence-electron chi connectivity index (χ0n) is 18.5. The van der Waals surface area contributed by atoms with E-state index in [9.17, 15) is 9.59 Å². The van der Waals surface area contributed by atoms with Crippen molar-refractivity contribution in [1.82, 2.24) is 10.6 Å². The summed E-state index contributed by atoms with van der Waals surface area (Å²) in [4.78, 5) is 24.2. The molecule has 2 amide bonds. The van der Waals surface area contributed by atoms with Gasteiger partial charge < -0.3 is 10.6 Å². The third kappa shape index (κ3) is 7.73. The molecule has 0 aliphatic carbocycles. The molecule has 2 N–H and O–H groups in total. The van der Waals surface area contributed by atoms with Gasteiger partial charge in [-0.05, 0) is 48.3 Å². The molecule has 0 aromatic heterocycles. The first-order chi connectivity index (χ1) is 15.5. The van der Waals surface area contributed by atoms with E-state index >= 15 is 0 Å². The Kier molecular flexibility index (Phi) is 8.15. The molecule has 0 unspecified atom stereocenters. The van der Waals surface area contributed by atoms with E-state index in [1.165, 1.54) is 23.3 Å². The number of amides is 2. The molecule has 162 valence electrons. The van der Waals surface area contributed by atoms with Gasteiger partial charge in [-0.15, -0.1) is 0 Å². The molecule has 0 saturated carbocycles. The highest BCUT2D eigenvalue weighted by Crippen LogP contribution is 2.07. The van der Waals surface area contributed by atoms with Crippen molar-refractivity contribution in [2.24, 2.45) is 0 Å². The zero-order chi connectivity index (χ0) is 22.8. The molecule has 0 bridgehead atoms. The third-order valence-electron chi connectivity index (χ3n) is 4.93. The highest BCUT2D eigenvalue weighted by atomic mass is 16.2. The molecule has 0 saturated heterocycles. The fourth-order valence-electron chi connectivity index (χ4n) is 3.04. The fourth-order valence-corrected chi connectivity index (χ4v) is 3.04. The first-order valence-corrected chi connectivity index (χ1v) is 10.6. The van der Waals surface area contributed by atoms with Crippen molar-refractivity contribution in [3.05, 3.63) is 118 Å². The molecule has 0 heterocycles. The minimum absolute atomic E-state index is 0.148. The zero-order valence-corrected chi connectivity index (χ0v) is 18.5. The van der Waals surface area contributed by atoms with E-state index in [4.69, 9.17) is 0 Å². The SMILES string of the molecule is Cc1ccc(/C=C/C(=O)NCc2cccc(CNC(=O)/C=C/c3ccc(C)cc3)c2)cc1. The van der Waals surface area contributed by atoms with Gasteiger partial charge in [0, 0.05) is 25.2 Å². The summed E-state index contributed by atoms with van der Waals surface area (Å²) >= 11 is 0. The maximum absolute atomic E-state index is 12.1. The second-order valence-electron chi connectivity index (χ2n) is 7.74. The van der Waals surface area contributed by atoms with E-state index < -0.39 is 0 Å². The van der Waals surface area contributed by atoms with Crippen LogP contribution in [-0.2, 0) is 22.7 Å². The van der Waals surface area contributed by atoms with Gasteiger partial charge in [0.2, 0.25) is 11.8 Å². The summed E-state index contributed by atoms with van der Waals surface area (Å²) < 4.78 is 0. The van der Waals surface area contributed by atoms with Crippen molar-refractivity contribution >= 4 is 24.0 Å². The Labute approximate surface area is 189 Å². The van der Waals surface area contributed by atoms with Gasteiger partial charge in [0.05, 0.1) is 0 Å². The number of aryl methyl sites for hydroxylation is 2. The lowest BCUT2D eigenvalue weighted by atomic mass is 10.1. The average molecular weight is 425 g/mol. The number of benzene rings is 3. The lowest BCUT2D eigenvalue weighted by molar-refractivity contribution is -0.117. The van der Waals surface area contributed by atoms with Gasteiger partial charge in [-0.2, -0.15) is 0 Å². The van der Waals surface area contributed by atoms with Crippen molar-refractivity contribution < 1.29 is 9.59 Å². The number of nitrogens with one attached hydrogen (secondary N) is 2. The number of carbonyl (C=O) groups is 2. The summed E-state index contributed by atoms with van der Waals surface area (Å²) in [6, 6.07) is 23.8. The third-order valence-corrected chi connectivity index (χ3v) is 4.93. The van der Waals surface area contributed by atoms with Gasteiger partial charge in [-0.3, -0.25) is 9.59 Å². The maximum atomic E-state index is 12.1. The van der Waals surface area contributed by atoms with Crippen LogP contribution >= 0.6 is 0 Å².